The molecule has 1 aliphatic rings. The highest BCUT2D eigenvalue weighted by molar-refractivity contribution is 6.55. The van der Waals surface area contributed by atoms with Crippen molar-refractivity contribution in [3.63, 3.8) is 0 Å². The minimum absolute atomic E-state index is 0.0528. The maximum absolute atomic E-state index is 13.0. The molecule has 3 rings (SSSR count). The minimum Gasteiger partial charge on any atom is -0.493 e. The molecule has 0 radical (unpaired) electrons. The van der Waals surface area contributed by atoms with Crippen molar-refractivity contribution in [2.45, 2.75) is 33.7 Å². The molecule has 168 valence electrons. The lowest BCUT2D eigenvalue weighted by Gasteiger charge is -2.15. The standard InChI is InChI=1S/C25H26ClNO5/c1-4-13-31-25(30)19-7-5-17(6-8-19)14-27-23(28)21(22(26)24(27)29)18-9-11-20(12-10-18)32-15-16(2)3/h5-12,16H,4,13-15H2,1-3H3. The monoisotopic (exact) mass is 455 g/mol. The first-order chi connectivity index (χ1) is 15.3. The van der Waals surface area contributed by atoms with Gasteiger partial charge >= 0.3 is 5.97 Å². The molecular formula is C25H26ClNO5. The summed E-state index contributed by atoms with van der Waals surface area (Å²) in [5.41, 5.74) is 1.84. The molecule has 2 aromatic carbocycles. The van der Waals surface area contributed by atoms with Gasteiger partial charge in [0.05, 0.1) is 30.9 Å². The zero-order chi connectivity index (χ0) is 23.3. The normalized spacial score (nSPS) is 13.8. The van der Waals surface area contributed by atoms with Crippen molar-refractivity contribution in [1.82, 2.24) is 4.90 Å². The molecule has 0 saturated carbocycles. The fourth-order valence-electron chi connectivity index (χ4n) is 3.13. The molecule has 0 N–H and O–H groups in total. The lowest BCUT2D eigenvalue weighted by molar-refractivity contribution is -0.137. The highest BCUT2D eigenvalue weighted by atomic mass is 35.5. The molecule has 0 saturated heterocycles. The molecule has 2 aromatic rings. The second-order valence-corrected chi connectivity index (χ2v) is 8.33. The van der Waals surface area contributed by atoms with Gasteiger partial charge in [-0.3, -0.25) is 14.5 Å². The molecule has 0 spiro atoms. The van der Waals surface area contributed by atoms with Gasteiger partial charge in [0.1, 0.15) is 10.8 Å². The van der Waals surface area contributed by atoms with E-state index in [2.05, 4.69) is 13.8 Å². The van der Waals surface area contributed by atoms with E-state index >= 15 is 0 Å². The summed E-state index contributed by atoms with van der Waals surface area (Å²) in [6.45, 7) is 7.03. The van der Waals surface area contributed by atoms with Crippen LogP contribution < -0.4 is 4.74 Å². The quantitative estimate of drug-likeness (QED) is 0.401. The van der Waals surface area contributed by atoms with Crippen LogP contribution in [0.5, 0.6) is 5.75 Å². The van der Waals surface area contributed by atoms with Crippen LogP contribution >= 0.6 is 11.6 Å². The van der Waals surface area contributed by atoms with Crippen LogP contribution in [0.4, 0.5) is 0 Å². The Kier molecular flexibility index (Phi) is 7.70. The van der Waals surface area contributed by atoms with Gasteiger partial charge in [-0.1, -0.05) is 56.6 Å². The minimum atomic E-state index is -0.543. The molecule has 32 heavy (non-hydrogen) atoms. The molecule has 0 atom stereocenters. The Morgan fingerprint density at radius 2 is 1.66 bits per heavy atom. The number of imide groups is 1. The molecular weight excluding hydrogens is 430 g/mol. The molecule has 6 nitrogen and oxygen atoms in total. The zero-order valence-electron chi connectivity index (χ0n) is 18.4. The summed E-state index contributed by atoms with van der Waals surface area (Å²) in [5.74, 6) is -0.323. The van der Waals surface area contributed by atoms with Gasteiger partial charge in [-0.2, -0.15) is 0 Å². The van der Waals surface area contributed by atoms with Crippen LogP contribution in [0.15, 0.2) is 53.6 Å². The van der Waals surface area contributed by atoms with Crippen molar-refractivity contribution in [3.8, 4) is 5.75 Å². The maximum Gasteiger partial charge on any atom is 0.338 e. The first-order valence-electron chi connectivity index (χ1n) is 10.6. The maximum atomic E-state index is 13.0. The molecule has 0 aromatic heterocycles. The number of rotatable bonds is 9. The number of halogens is 1. The lowest BCUT2D eigenvalue weighted by atomic mass is 10.1. The molecule has 0 bridgehead atoms. The van der Waals surface area contributed by atoms with E-state index in [1.807, 2.05) is 6.92 Å². The van der Waals surface area contributed by atoms with Crippen LogP contribution in [-0.2, 0) is 20.9 Å². The third-order valence-electron chi connectivity index (χ3n) is 4.81. The topological polar surface area (TPSA) is 72.9 Å². The van der Waals surface area contributed by atoms with E-state index < -0.39 is 17.8 Å². The lowest BCUT2D eigenvalue weighted by Crippen LogP contribution is -2.30. The van der Waals surface area contributed by atoms with E-state index in [0.29, 0.717) is 41.6 Å². The van der Waals surface area contributed by atoms with Crippen molar-refractivity contribution in [2.24, 2.45) is 5.92 Å². The summed E-state index contributed by atoms with van der Waals surface area (Å²) in [7, 11) is 0. The van der Waals surface area contributed by atoms with Crippen molar-refractivity contribution >= 4 is 35.0 Å². The largest absolute Gasteiger partial charge is 0.493 e. The van der Waals surface area contributed by atoms with Crippen molar-refractivity contribution in [3.05, 3.63) is 70.3 Å². The Morgan fingerprint density at radius 3 is 2.25 bits per heavy atom. The number of amides is 2. The summed E-state index contributed by atoms with van der Waals surface area (Å²) in [5, 5.41) is -0.106. The zero-order valence-corrected chi connectivity index (χ0v) is 19.1. The summed E-state index contributed by atoms with van der Waals surface area (Å²) in [4.78, 5) is 38.7. The number of ether oxygens (including phenoxy) is 2. The summed E-state index contributed by atoms with van der Waals surface area (Å²) in [6.07, 6.45) is 0.743. The molecule has 1 heterocycles. The van der Waals surface area contributed by atoms with Gasteiger partial charge in [0.2, 0.25) is 0 Å². The fourth-order valence-corrected chi connectivity index (χ4v) is 3.42. The van der Waals surface area contributed by atoms with Crippen LogP contribution in [-0.4, -0.2) is 35.9 Å². The number of benzene rings is 2. The van der Waals surface area contributed by atoms with Gasteiger partial charge in [-0.05, 0) is 47.7 Å². The van der Waals surface area contributed by atoms with E-state index in [0.717, 1.165) is 11.3 Å². The number of nitrogens with zero attached hydrogens (tertiary/aromatic N) is 1. The number of esters is 1. The van der Waals surface area contributed by atoms with Crippen LogP contribution in [0.3, 0.4) is 0 Å². The van der Waals surface area contributed by atoms with E-state index in [-0.39, 0.29) is 17.2 Å². The van der Waals surface area contributed by atoms with Gasteiger partial charge in [0, 0.05) is 0 Å². The summed E-state index contributed by atoms with van der Waals surface area (Å²) >= 11 is 6.25. The van der Waals surface area contributed by atoms with Gasteiger partial charge in [0.15, 0.2) is 0 Å². The number of hydrogen-bond donors (Lipinski definition) is 0. The Labute approximate surface area is 192 Å². The summed E-state index contributed by atoms with van der Waals surface area (Å²) < 4.78 is 10.8. The van der Waals surface area contributed by atoms with E-state index in [1.165, 1.54) is 0 Å². The molecule has 1 aliphatic heterocycles. The third-order valence-corrected chi connectivity index (χ3v) is 5.16. The molecule has 0 aliphatic carbocycles. The van der Waals surface area contributed by atoms with Gasteiger partial charge in [-0.15, -0.1) is 0 Å². The SMILES string of the molecule is CCCOC(=O)c1ccc(CN2C(=O)C(Cl)=C(c3ccc(OCC(C)C)cc3)C2=O)cc1. The Bertz CT molecular complexity index is 1030. The predicted octanol–water partition coefficient (Wildman–Crippen LogP) is 4.81. The van der Waals surface area contributed by atoms with Crippen LogP contribution in [0.2, 0.25) is 0 Å². The van der Waals surface area contributed by atoms with Crippen molar-refractivity contribution in [2.75, 3.05) is 13.2 Å². The van der Waals surface area contributed by atoms with Gasteiger partial charge < -0.3 is 9.47 Å². The second-order valence-electron chi connectivity index (χ2n) is 7.95. The van der Waals surface area contributed by atoms with E-state index in [9.17, 15) is 14.4 Å². The molecule has 0 unspecified atom stereocenters. The summed E-state index contributed by atoms with van der Waals surface area (Å²) in [6, 6.07) is 13.6. The first kappa shape index (κ1) is 23.5. The number of hydrogen-bond acceptors (Lipinski definition) is 5. The average Bonchev–Trinajstić information content (AvgIpc) is 3.00. The highest BCUT2D eigenvalue weighted by Gasteiger charge is 2.38. The van der Waals surface area contributed by atoms with Gasteiger partial charge in [-0.25, -0.2) is 4.79 Å². The Morgan fingerprint density at radius 1 is 1.00 bits per heavy atom. The van der Waals surface area contributed by atoms with E-state index in [1.54, 1.807) is 48.5 Å². The first-order valence-corrected chi connectivity index (χ1v) is 10.9. The molecule has 0 fully saturated rings. The van der Waals surface area contributed by atoms with Crippen LogP contribution in [0, 0.1) is 5.92 Å². The molecule has 2 amide bonds. The molecule has 7 heteroatoms. The highest BCUT2D eigenvalue weighted by Crippen LogP contribution is 2.33. The van der Waals surface area contributed by atoms with Crippen LogP contribution in [0.1, 0.15) is 48.7 Å². The number of carbonyl (C=O) groups is 3. The van der Waals surface area contributed by atoms with Crippen LogP contribution in [0.25, 0.3) is 5.57 Å². The smallest absolute Gasteiger partial charge is 0.338 e. The predicted molar refractivity (Wildman–Crippen MR) is 122 cm³/mol. The van der Waals surface area contributed by atoms with Crippen molar-refractivity contribution in [1.29, 1.82) is 0 Å². The van der Waals surface area contributed by atoms with E-state index in [4.69, 9.17) is 21.1 Å². The second kappa shape index (κ2) is 10.5. The Hall–Kier alpha value is -3.12. The number of carbonyl (C=O) groups excluding carboxylic acids is 3. The van der Waals surface area contributed by atoms with Gasteiger partial charge in [0.25, 0.3) is 11.8 Å². The average molecular weight is 456 g/mol. The Balaban J connectivity index is 1.70. The van der Waals surface area contributed by atoms with Crippen molar-refractivity contribution < 1.29 is 23.9 Å². The third kappa shape index (κ3) is 5.37. The fraction of sp³-hybridized carbons (Fsp3) is 0.320.